The molecular weight excluding hydrogens is 271 g/mol. The number of hydrogen-bond donors (Lipinski definition) is 2. The van der Waals surface area contributed by atoms with E-state index in [1.165, 1.54) is 12.3 Å². The summed E-state index contributed by atoms with van der Waals surface area (Å²) in [5.41, 5.74) is 1.24. The molecule has 1 aromatic carbocycles. The van der Waals surface area contributed by atoms with Crippen LogP contribution in [0.25, 0.3) is 10.9 Å². The molecule has 6 heteroatoms. The summed E-state index contributed by atoms with van der Waals surface area (Å²) in [5, 5.41) is 12.4. The van der Waals surface area contributed by atoms with Crippen molar-refractivity contribution in [1.82, 2.24) is 9.88 Å². The minimum absolute atomic E-state index is 0.0147. The van der Waals surface area contributed by atoms with Crippen molar-refractivity contribution in [3.8, 4) is 6.07 Å². The molecule has 5 nitrogen and oxygen atoms in total. The third-order valence-electron chi connectivity index (χ3n) is 2.97. The van der Waals surface area contributed by atoms with Crippen LogP contribution in [0.5, 0.6) is 0 Å². The molecule has 0 aliphatic rings. The molecule has 0 radical (unpaired) electrons. The molecule has 0 atom stereocenters. The van der Waals surface area contributed by atoms with Crippen LogP contribution in [0.4, 0.5) is 10.1 Å². The summed E-state index contributed by atoms with van der Waals surface area (Å²) in [6.45, 7) is 0. The summed E-state index contributed by atoms with van der Waals surface area (Å²) in [7, 11) is 5.07. The zero-order chi connectivity index (χ0) is 15.6. The van der Waals surface area contributed by atoms with Gasteiger partial charge in [0.25, 0.3) is 0 Å². The van der Waals surface area contributed by atoms with E-state index in [-0.39, 0.29) is 11.3 Å². The number of nitriles is 1. The average molecular weight is 286 g/mol. The summed E-state index contributed by atoms with van der Waals surface area (Å²) in [4.78, 5) is 16.8. The topological polar surface area (TPSA) is 71.9 Å². The standard InChI is InChI=1S/C15H15FN4O/c1-18-13-6-12-9(4-11(13)16)5-14(19-12)15(21)10(7-17)8-20(2)3/h4-6,8,18-19H,1-3H3/b10-8+. The highest BCUT2D eigenvalue weighted by atomic mass is 19.1. The molecule has 0 fully saturated rings. The van der Waals surface area contributed by atoms with E-state index >= 15 is 0 Å². The van der Waals surface area contributed by atoms with Gasteiger partial charge in [-0.2, -0.15) is 5.26 Å². The van der Waals surface area contributed by atoms with Crippen LogP contribution in [0.15, 0.2) is 30.0 Å². The largest absolute Gasteiger partial charge is 0.386 e. The van der Waals surface area contributed by atoms with Crippen molar-refractivity contribution in [1.29, 1.82) is 5.26 Å². The van der Waals surface area contributed by atoms with E-state index in [4.69, 9.17) is 5.26 Å². The Morgan fingerprint density at radius 1 is 1.43 bits per heavy atom. The number of allylic oxidation sites excluding steroid dienone is 1. The lowest BCUT2D eigenvalue weighted by Crippen LogP contribution is -2.09. The van der Waals surface area contributed by atoms with Crippen molar-refractivity contribution in [2.75, 3.05) is 26.5 Å². The molecule has 1 heterocycles. The van der Waals surface area contributed by atoms with Crippen molar-refractivity contribution in [2.24, 2.45) is 0 Å². The van der Waals surface area contributed by atoms with Gasteiger partial charge in [-0.25, -0.2) is 4.39 Å². The van der Waals surface area contributed by atoms with Crippen LogP contribution in [0.2, 0.25) is 0 Å². The van der Waals surface area contributed by atoms with E-state index in [9.17, 15) is 9.18 Å². The van der Waals surface area contributed by atoms with Crippen molar-refractivity contribution in [3.63, 3.8) is 0 Å². The Morgan fingerprint density at radius 3 is 2.71 bits per heavy atom. The summed E-state index contributed by atoms with van der Waals surface area (Å²) < 4.78 is 13.7. The maximum atomic E-state index is 13.7. The van der Waals surface area contributed by atoms with Crippen molar-refractivity contribution in [2.45, 2.75) is 0 Å². The van der Waals surface area contributed by atoms with Crippen molar-refractivity contribution >= 4 is 22.4 Å². The van der Waals surface area contributed by atoms with Crippen LogP contribution in [-0.2, 0) is 0 Å². The average Bonchev–Trinajstić information content (AvgIpc) is 2.85. The van der Waals surface area contributed by atoms with Crippen LogP contribution in [-0.4, -0.2) is 36.8 Å². The molecule has 0 aliphatic carbocycles. The van der Waals surface area contributed by atoms with Gasteiger partial charge >= 0.3 is 0 Å². The second-order valence-corrected chi connectivity index (χ2v) is 4.80. The van der Waals surface area contributed by atoms with Gasteiger partial charge in [0, 0.05) is 38.2 Å². The number of carbonyl (C=O) groups excluding carboxylic acids is 1. The highest BCUT2D eigenvalue weighted by Crippen LogP contribution is 2.24. The zero-order valence-electron chi connectivity index (χ0n) is 12.0. The lowest BCUT2D eigenvalue weighted by Gasteiger charge is -2.04. The molecule has 108 valence electrons. The fourth-order valence-electron chi connectivity index (χ4n) is 2.01. The number of ketones is 1. The number of aromatic nitrogens is 1. The Kier molecular flexibility index (Phi) is 3.94. The number of nitrogens with zero attached hydrogens (tertiary/aromatic N) is 2. The van der Waals surface area contributed by atoms with Crippen LogP contribution in [0.1, 0.15) is 10.5 Å². The van der Waals surface area contributed by atoms with E-state index in [1.807, 2.05) is 6.07 Å². The maximum absolute atomic E-state index is 13.7. The zero-order valence-corrected chi connectivity index (χ0v) is 12.0. The number of halogens is 1. The Morgan fingerprint density at radius 2 is 2.14 bits per heavy atom. The molecule has 0 unspecified atom stereocenters. The number of Topliss-reactive ketones (excluding diaryl/α,β-unsaturated/α-hetero) is 1. The highest BCUT2D eigenvalue weighted by molar-refractivity contribution is 6.12. The number of hydrogen-bond acceptors (Lipinski definition) is 4. The van der Waals surface area contributed by atoms with Gasteiger partial charge in [0.15, 0.2) is 0 Å². The van der Waals surface area contributed by atoms with E-state index in [2.05, 4.69) is 10.3 Å². The first-order valence-electron chi connectivity index (χ1n) is 6.29. The first-order chi connectivity index (χ1) is 9.96. The van der Waals surface area contributed by atoms with Crippen molar-refractivity contribution in [3.05, 3.63) is 41.5 Å². The Hall–Kier alpha value is -2.81. The summed E-state index contributed by atoms with van der Waals surface area (Å²) >= 11 is 0. The third kappa shape index (κ3) is 2.87. The molecule has 0 aliphatic heterocycles. The second-order valence-electron chi connectivity index (χ2n) is 4.80. The van der Waals surface area contributed by atoms with Crippen LogP contribution >= 0.6 is 0 Å². The monoisotopic (exact) mass is 286 g/mol. The van der Waals surface area contributed by atoms with Crippen LogP contribution in [0, 0.1) is 17.1 Å². The minimum atomic E-state index is -0.422. The summed E-state index contributed by atoms with van der Waals surface area (Å²) in [6, 6.07) is 6.35. The quantitative estimate of drug-likeness (QED) is 0.514. The molecule has 2 aromatic rings. The predicted octanol–water partition coefficient (Wildman–Crippen LogP) is 2.50. The normalized spacial score (nSPS) is 11.3. The number of anilines is 1. The summed E-state index contributed by atoms with van der Waals surface area (Å²) in [5.74, 6) is -0.818. The Labute approximate surface area is 121 Å². The van der Waals surface area contributed by atoms with Gasteiger partial charge in [-0.15, -0.1) is 0 Å². The smallest absolute Gasteiger partial charge is 0.221 e. The van der Waals surface area contributed by atoms with Gasteiger partial charge in [0.1, 0.15) is 17.5 Å². The third-order valence-corrected chi connectivity index (χ3v) is 2.97. The Balaban J connectivity index is 2.48. The molecule has 0 saturated carbocycles. The van der Waals surface area contributed by atoms with E-state index < -0.39 is 11.6 Å². The van der Waals surface area contributed by atoms with Gasteiger partial charge < -0.3 is 15.2 Å². The molecule has 0 saturated heterocycles. The molecule has 2 rings (SSSR count). The fraction of sp³-hybridized carbons (Fsp3) is 0.200. The number of aromatic amines is 1. The number of rotatable bonds is 4. The van der Waals surface area contributed by atoms with Crippen LogP contribution < -0.4 is 5.32 Å². The maximum Gasteiger partial charge on any atom is 0.221 e. The van der Waals surface area contributed by atoms with Gasteiger partial charge in [-0.1, -0.05) is 0 Å². The fourth-order valence-corrected chi connectivity index (χ4v) is 2.01. The molecule has 1 aromatic heterocycles. The van der Waals surface area contributed by atoms with Gasteiger partial charge in [0.2, 0.25) is 5.78 Å². The molecule has 0 bridgehead atoms. The lowest BCUT2D eigenvalue weighted by molar-refractivity contribution is 0.103. The number of H-pyrrole nitrogens is 1. The molecule has 21 heavy (non-hydrogen) atoms. The molecule has 0 amide bonds. The number of carbonyl (C=O) groups is 1. The van der Waals surface area contributed by atoms with Crippen LogP contribution in [0.3, 0.4) is 0 Å². The first kappa shape index (κ1) is 14.6. The first-order valence-corrected chi connectivity index (χ1v) is 6.29. The Bertz CT molecular complexity index is 768. The van der Waals surface area contributed by atoms with Gasteiger partial charge in [-0.05, 0) is 18.2 Å². The van der Waals surface area contributed by atoms with Gasteiger partial charge in [0.05, 0.1) is 11.4 Å². The van der Waals surface area contributed by atoms with Crippen molar-refractivity contribution < 1.29 is 9.18 Å². The molecule has 0 spiro atoms. The minimum Gasteiger partial charge on any atom is -0.386 e. The SMILES string of the molecule is CNc1cc2[nH]c(C(=O)/C(C#N)=C/N(C)C)cc2cc1F. The highest BCUT2D eigenvalue weighted by Gasteiger charge is 2.16. The second kappa shape index (κ2) is 5.67. The van der Waals surface area contributed by atoms with Gasteiger partial charge in [-0.3, -0.25) is 4.79 Å². The summed E-state index contributed by atoms with van der Waals surface area (Å²) in [6.07, 6.45) is 1.45. The lowest BCUT2D eigenvalue weighted by atomic mass is 10.1. The molecule has 2 N–H and O–H groups in total. The molecular formula is C15H15FN4O. The number of fused-ring (bicyclic) bond motifs is 1. The van der Waals surface area contributed by atoms with E-state index in [0.717, 1.165) is 0 Å². The number of nitrogens with one attached hydrogen (secondary N) is 2. The van der Waals surface area contributed by atoms with E-state index in [1.54, 1.807) is 38.2 Å². The number of benzene rings is 1. The predicted molar refractivity (Wildman–Crippen MR) is 79.5 cm³/mol. The van der Waals surface area contributed by atoms with E-state index in [0.29, 0.717) is 16.6 Å².